The number of aromatic nitrogens is 1. The Labute approximate surface area is 368 Å². The molecule has 1 aliphatic heterocycles. The third-order valence-electron chi connectivity index (χ3n) is 14.8. The lowest BCUT2D eigenvalue weighted by molar-refractivity contribution is 0.269. The van der Waals surface area contributed by atoms with Gasteiger partial charge >= 0.3 is 0 Å². The summed E-state index contributed by atoms with van der Waals surface area (Å²) >= 11 is 0. The van der Waals surface area contributed by atoms with Crippen LogP contribution in [0.4, 0.5) is 17.1 Å². The van der Waals surface area contributed by atoms with E-state index in [1.807, 2.05) is 0 Å². The number of H-pyrrole nitrogens is 1. The summed E-state index contributed by atoms with van der Waals surface area (Å²) in [6.45, 7) is 9.52. The van der Waals surface area contributed by atoms with Crippen LogP contribution >= 0.6 is 0 Å². The second-order valence-corrected chi connectivity index (χ2v) is 19.0. The van der Waals surface area contributed by atoms with Gasteiger partial charge in [0, 0.05) is 61.2 Å². The van der Waals surface area contributed by atoms with Gasteiger partial charge in [-0.2, -0.15) is 0 Å². The summed E-state index contributed by atoms with van der Waals surface area (Å²) in [7, 11) is 0. The predicted octanol–water partition coefficient (Wildman–Crippen LogP) is 15.7. The second kappa shape index (κ2) is 13.1. The lowest BCUT2D eigenvalue weighted by Gasteiger charge is -2.30. The molecule has 4 aliphatic rings. The molecular formula is C60H46N2O. The van der Waals surface area contributed by atoms with E-state index in [2.05, 4.69) is 226 Å². The molecule has 2 atom stereocenters. The van der Waals surface area contributed by atoms with Gasteiger partial charge in [-0.25, -0.2) is 0 Å². The van der Waals surface area contributed by atoms with Crippen molar-refractivity contribution in [3.63, 3.8) is 0 Å². The molecule has 1 N–H and O–H groups in total. The molecule has 3 heteroatoms. The number of hydrogen-bond donors (Lipinski definition) is 1. The summed E-state index contributed by atoms with van der Waals surface area (Å²) in [4.78, 5) is 6.06. The minimum atomic E-state index is -0.210. The molecule has 0 spiro atoms. The van der Waals surface area contributed by atoms with Crippen LogP contribution in [0.1, 0.15) is 61.4 Å². The number of nitrogens with zero attached hydrogens (tertiary/aromatic N) is 1. The minimum absolute atomic E-state index is 0.0781. The largest absolute Gasteiger partial charge is 0.485 e. The predicted molar refractivity (Wildman–Crippen MR) is 262 cm³/mol. The third kappa shape index (κ3) is 5.32. The summed E-state index contributed by atoms with van der Waals surface area (Å²) in [6.07, 6.45) is 8.72. The van der Waals surface area contributed by atoms with Crippen molar-refractivity contribution in [3.05, 3.63) is 216 Å². The summed E-state index contributed by atoms with van der Waals surface area (Å²) < 4.78 is 6.29. The molecular weight excluding hydrogens is 765 g/mol. The number of hydrogen-bond acceptors (Lipinski definition) is 2. The van der Waals surface area contributed by atoms with Crippen LogP contribution in [0.5, 0.6) is 5.75 Å². The van der Waals surface area contributed by atoms with E-state index in [9.17, 15) is 0 Å². The average Bonchev–Trinajstić information content (AvgIpc) is 4.01. The molecule has 63 heavy (non-hydrogen) atoms. The van der Waals surface area contributed by atoms with Crippen LogP contribution in [0.3, 0.4) is 0 Å². The molecule has 302 valence electrons. The molecule has 2 heterocycles. The molecule has 0 fully saturated rings. The Morgan fingerprint density at radius 3 is 1.79 bits per heavy atom. The van der Waals surface area contributed by atoms with Crippen LogP contribution in [0, 0.1) is 0 Å². The molecule has 3 nitrogen and oxygen atoms in total. The van der Waals surface area contributed by atoms with Crippen molar-refractivity contribution in [2.24, 2.45) is 0 Å². The van der Waals surface area contributed by atoms with Gasteiger partial charge in [-0.15, -0.1) is 0 Å². The summed E-state index contributed by atoms with van der Waals surface area (Å²) in [5.74, 6) is 1.24. The number of benzene rings is 8. The highest BCUT2D eigenvalue weighted by atomic mass is 16.5. The van der Waals surface area contributed by atoms with Crippen molar-refractivity contribution in [1.82, 2.24) is 4.98 Å². The standard InChI is InChI=1S/C60H46N2O/c1-59(2)51-14-8-5-11-43(51)45-27-24-41(34-53(45)59)62(40-22-17-36(18-23-40)37-21-30-58-50(32-37)48-13-7-10-16-57(48)63-58)42-25-28-46-44-26-19-39(33-52(44)60(3,4)54(46)35-42)38-20-29-56-49(31-38)47-12-6-9-15-55(47)61-56/h5-35,48,57,61H,1-4H3. The quantitative estimate of drug-likeness (QED) is 0.188. The second-order valence-electron chi connectivity index (χ2n) is 19.0. The summed E-state index contributed by atoms with van der Waals surface area (Å²) in [6, 6.07) is 61.5. The highest BCUT2D eigenvalue weighted by molar-refractivity contribution is 6.08. The van der Waals surface area contributed by atoms with Crippen LogP contribution in [0.25, 0.3) is 66.3 Å². The zero-order valence-electron chi connectivity index (χ0n) is 35.9. The van der Waals surface area contributed by atoms with Crippen LogP contribution in [0.2, 0.25) is 0 Å². The number of ether oxygens (including phenoxy) is 1. The van der Waals surface area contributed by atoms with E-state index in [4.69, 9.17) is 4.74 Å². The number of anilines is 3. The van der Waals surface area contributed by atoms with Crippen LogP contribution in [-0.4, -0.2) is 11.1 Å². The number of fused-ring (bicyclic) bond motifs is 12. The Morgan fingerprint density at radius 2 is 1.00 bits per heavy atom. The fourth-order valence-electron chi connectivity index (χ4n) is 11.4. The maximum absolute atomic E-state index is 6.29. The molecule has 2 unspecified atom stereocenters. The van der Waals surface area contributed by atoms with Crippen molar-refractivity contribution in [2.45, 2.75) is 50.5 Å². The van der Waals surface area contributed by atoms with Gasteiger partial charge in [-0.3, -0.25) is 0 Å². The molecule has 8 aromatic carbocycles. The van der Waals surface area contributed by atoms with Crippen molar-refractivity contribution in [3.8, 4) is 50.3 Å². The maximum atomic E-state index is 6.29. The van der Waals surface area contributed by atoms with E-state index in [-0.39, 0.29) is 22.9 Å². The number of para-hydroxylation sites is 1. The van der Waals surface area contributed by atoms with Crippen LogP contribution in [0.15, 0.2) is 188 Å². The van der Waals surface area contributed by atoms with E-state index in [0.29, 0.717) is 0 Å². The Hall–Kier alpha value is -7.36. The Bertz CT molecular complexity index is 3450. The Morgan fingerprint density at radius 1 is 0.444 bits per heavy atom. The van der Waals surface area contributed by atoms with Gasteiger partial charge < -0.3 is 14.6 Å². The smallest absolute Gasteiger partial charge is 0.128 e. The van der Waals surface area contributed by atoms with Crippen LogP contribution < -0.4 is 9.64 Å². The molecule has 13 rings (SSSR count). The summed E-state index contributed by atoms with van der Waals surface area (Å²) in [5.41, 5.74) is 22.3. The summed E-state index contributed by atoms with van der Waals surface area (Å²) in [5, 5.41) is 2.52. The normalized spacial score (nSPS) is 17.8. The van der Waals surface area contributed by atoms with Crippen molar-refractivity contribution in [1.29, 1.82) is 0 Å². The fraction of sp³-hybridized carbons (Fsp3) is 0.133. The lowest BCUT2D eigenvalue weighted by atomic mass is 9.81. The van der Waals surface area contributed by atoms with Crippen molar-refractivity contribution < 1.29 is 4.74 Å². The molecule has 3 aliphatic carbocycles. The number of rotatable bonds is 5. The zero-order chi connectivity index (χ0) is 42.2. The first-order valence-corrected chi connectivity index (χ1v) is 22.3. The van der Waals surface area contributed by atoms with E-state index < -0.39 is 0 Å². The highest BCUT2D eigenvalue weighted by Gasteiger charge is 2.38. The topological polar surface area (TPSA) is 28.3 Å². The number of allylic oxidation sites excluding steroid dienone is 2. The van der Waals surface area contributed by atoms with E-state index >= 15 is 0 Å². The molecule has 0 saturated carbocycles. The van der Waals surface area contributed by atoms with Gasteiger partial charge in [-0.05, 0) is 146 Å². The van der Waals surface area contributed by atoms with Gasteiger partial charge in [0.05, 0.1) is 0 Å². The van der Waals surface area contributed by atoms with E-state index in [1.165, 1.54) is 94.1 Å². The van der Waals surface area contributed by atoms with Crippen molar-refractivity contribution >= 4 is 38.9 Å². The molecule has 0 radical (unpaired) electrons. The van der Waals surface area contributed by atoms with Gasteiger partial charge in [-0.1, -0.05) is 137 Å². The fourth-order valence-corrected chi connectivity index (χ4v) is 11.4. The average molecular weight is 811 g/mol. The Kier molecular flexibility index (Phi) is 7.54. The van der Waals surface area contributed by atoms with Crippen LogP contribution in [-0.2, 0) is 10.8 Å². The first kappa shape index (κ1) is 36.3. The van der Waals surface area contributed by atoms with Gasteiger partial charge in [0.1, 0.15) is 11.9 Å². The SMILES string of the molecule is CC1(C)c2ccccc2-c2ccc(N(c3ccc(-c4ccc5c(c4)C4C=CC=CC4O5)cc3)c3ccc4c(c3)C(C)(C)c3cc(-c5ccc6[nH]c7ccccc7c6c5)ccc3-4)cc21. The van der Waals surface area contributed by atoms with Gasteiger partial charge in [0.15, 0.2) is 0 Å². The van der Waals surface area contributed by atoms with Crippen molar-refractivity contribution in [2.75, 3.05) is 4.90 Å². The first-order valence-electron chi connectivity index (χ1n) is 22.3. The minimum Gasteiger partial charge on any atom is -0.485 e. The third-order valence-corrected chi connectivity index (χ3v) is 14.8. The Balaban J connectivity index is 0.904. The monoisotopic (exact) mass is 810 g/mol. The molecule has 0 bridgehead atoms. The van der Waals surface area contributed by atoms with E-state index in [1.54, 1.807) is 0 Å². The van der Waals surface area contributed by atoms with E-state index in [0.717, 1.165) is 22.8 Å². The lowest BCUT2D eigenvalue weighted by Crippen LogP contribution is -2.18. The molecule has 1 aromatic heterocycles. The highest BCUT2D eigenvalue weighted by Crippen LogP contribution is 2.54. The molecule has 0 amide bonds. The maximum Gasteiger partial charge on any atom is 0.128 e. The number of aromatic amines is 1. The first-order chi connectivity index (χ1) is 30.7. The van der Waals surface area contributed by atoms with Gasteiger partial charge in [0.2, 0.25) is 0 Å². The molecule has 9 aromatic rings. The number of nitrogens with one attached hydrogen (secondary N) is 1. The van der Waals surface area contributed by atoms with Gasteiger partial charge in [0.25, 0.3) is 0 Å². The zero-order valence-corrected chi connectivity index (χ0v) is 35.9. The molecule has 0 saturated heterocycles.